The van der Waals surface area contributed by atoms with Crippen molar-refractivity contribution in [3.05, 3.63) is 0 Å². The van der Waals surface area contributed by atoms with Gasteiger partial charge in [0.25, 0.3) is 0 Å². The molecule has 0 aromatic carbocycles. The lowest BCUT2D eigenvalue weighted by Crippen LogP contribution is -2.45. The Morgan fingerprint density at radius 3 is 2.50 bits per heavy atom. The van der Waals surface area contributed by atoms with Gasteiger partial charge >= 0.3 is 0 Å². The molecule has 4 heteroatoms. The Morgan fingerprint density at radius 2 is 1.95 bits per heavy atom. The number of aliphatic hydroxyl groups is 1. The van der Waals surface area contributed by atoms with E-state index < -0.39 is 0 Å². The van der Waals surface area contributed by atoms with Crippen molar-refractivity contribution in [2.45, 2.75) is 46.6 Å². The molecule has 1 rings (SSSR count). The number of nitrogens with zero attached hydrogens (tertiary/aromatic N) is 1. The lowest BCUT2D eigenvalue weighted by Gasteiger charge is -2.37. The van der Waals surface area contributed by atoms with Crippen molar-refractivity contribution in [1.29, 1.82) is 0 Å². The molecule has 0 atom stereocenters. The highest BCUT2D eigenvalue weighted by molar-refractivity contribution is 4.80. The first-order valence-electron chi connectivity index (χ1n) is 8.08. The predicted octanol–water partition coefficient (Wildman–Crippen LogP) is 1.73. The first-order valence-corrected chi connectivity index (χ1v) is 8.08. The maximum atomic E-state index is 8.78. The Balaban J connectivity index is 2.20. The standard InChI is InChI=1S/C16H34N2O2/c1-14(2)11-17-12-16(3,4)13-18-7-5-15(6-8-18)20-10-9-19/h14-15,17,19H,5-13H2,1-4H3. The summed E-state index contributed by atoms with van der Waals surface area (Å²) in [6, 6.07) is 0. The number of ether oxygens (including phenoxy) is 1. The summed E-state index contributed by atoms with van der Waals surface area (Å²) >= 11 is 0. The summed E-state index contributed by atoms with van der Waals surface area (Å²) < 4.78 is 5.61. The van der Waals surface area contributed by atoms with Gasteiger partial charge in [0.15, 0.2) is 0 Å². The summed E-state index contributed by atoms with van der Waals surface area (Å²) in [5, 5.41) is 12.4. The lowest BCUT2D eigenvalue weighted by atomic mass is 9.91. The first kappa shape index (κ1) is 17.9. The minimum absolute atomic E-state index is 0.134. The molecule has 1 aliphatic rings. The van der Waals surface area contributed by atoms with E-state index >= 15 is 0 Å². The van der Waals surface area contributed by atoms with Crippen LogP contribution in [0.1, 0.15) is 40.5 Å². The Kier molecular flexibility index (Phi) is 8.03. The van der Waals surface area contributed by atoms with Crippen LogP contribution in [0.3, 0.4) is 0 Å². The van der Waals surface area contributed by atoms with E-state index in [9.17, 15) is 0 Å². The number of nitrogens with one attached hydrogen (secondary N) is 1. The van der Waals surface area contributed by atoms with E-state index in [0.717, 1.165) is 45.6 Å². The van der Waals surface area contributed by atoms with Crippen LogP contribution < -0.4 is 5.32 Å². The van der Waals surface area contributed by atoms with Crippen LogP contribution in [0.5, 0.6) is 0 Å². The molecule has 0 radical (unpaired) electrons. The lowest BCUT2D eigenvalue weighted by molar-refractivity contribution is -0.0130. The van der Waals surface area contributed by atoms with Crippen LogP contribution in [0.2, 0.25) is 0 Å². The van der Waals surface area contributed by atoms with Crippen LogP contribution in [-0.4, -0.2) is 62.0 Å². The van der Waals surface area contributed by atoms with Gasteiger partial charge < -0.3 is 20.1 Å². The van der Waals surface area contributed by atoms with E-state index in [1.54, 1.807) is 0 Å². The van der Waals surface area contributed by atoms with Gasteiger partial charge in [0.05, 0.1) is 19.3 Å². The second-order valence-electron chi connectivity index (χ2n) is 7.26. The fourth-order valence-corrected chi connectivity index (χ4v) is 2.81. The van der Waals surface area contributed by atoms with Crippen molar-refractivity contribution in [1.82, 2.24) is 10.2 Å². The van der Waals surface area contributed by atoms with Crippen LogP contribution in [0.25, 0.3) is 0 Å². The van der Waals surface area contributed by atoms with Crippen molar-refractivity contribution in [3.8, 4) is 0 Å². The van der Waals surface area contributed by atoms with Gasteiger partial charge in [-0.1, -0.05) is 27.7 Å². The monoisotopic (exact) mass is 286 g/mol. The zero-order chi connectivity index (χ0) is 15.0. The Hall–Kier alpha value is -0.160. The number of hydrogen-bond acceptors (Lipinski definition) is 4. The minimum Gasteiger partial charge on any atom is -0.394 e. The Labute approximate surface area is 124 Å². The summed E-state index contributed by atoms with van der Waals surface area (Å²) in [4.78, 5) is 2.55. The first-order chi connectivity index (χ1) is 9.43. The molecule has 2 N–H and O–H groups in total. The second-order valence-corrected chi connectivity index (χ2v) is 7.26. The highest BCUT2D eigenvalue weighted by atomic mass is 16.5. The summed E-state index contributed by atoms with van der Waals surface area (Å²) in [5.74, 6) is 0.713. The maximum Gasteiger partial charge on any atom is 0.0701 e. The maximum absolute atomic E-state index is 8.78. The zero-order valence-corrected chi connectivity index (χ0v) is 13.8. The van der Waals surface area contributed by atoms with Crippen LogP contribution >= 0.6 is 0 Å². The SMILES string of the molecule is CC(C)CNCC(C)(C)CN1CCC(OCCO)CC1. The van der Waals surface area contributed by atoms with Gasteiger partial charge in [0.2, 0.25) is 0 Å². The Bertz CT molecular complexity index is 249. The van der Waals surface area contributed by atoms with E-state index in [1.807, 2.05) is 0 Å². The topological polar surface area (TPSA) is 44.7 Å². The molecule has 0 amide bonds. The molecule has 1 saturated heterocycles. The number of rotatable bonds is 9. The van der Waals surface area contributed by atoms with Crippen molar-refractivity contribution >= 4 is 0 Å². The van der Waals surface area contributed by atoms with E-state index in [4.69, 9.17) is 9.84 Å². The van der Waals surface area contributed by atoms with Crippen LogP contribution in [0.15, 0.2) is 0 Å². The highest BCUT2D eigenvalue weighted by Gasteiger charge is 2.25. The summed E-state index contributed by atoms with van der Waals surface area (Å²) in [7, 11) is 0. The summed E-state index contributed by atoms with van der Waals surface area (Å²) in [5.41, 5.74) is 0.313. The molecule has 0 saturated carbocycles. The molecule has 0 spiro atoms. The molecular formula is C16H34N2O2. The van der Waals surface area contributed by atoms with Gasteiger partial charge in [0.1, 0.15) is 0 Å². The van der Waals surface area contributed by atoms with Gasteiger partial charge in [-0.3, -0.25) is 0 Å². The molecule has 0 aromatic heterocycles. The summed E-state index contributed by atoms with van der Waals surface area (Å²) in [6.07, 6.45) is 2.53. The molecule has 1 aliphatic heterocycles. The van der Waals surface area contributed by atoms with Gasteiger partial charge in [-0.05, 0) is 30.7 Å². The van der Waals surface area contributed by atoms with Gasteiger partial charge in [-0.15, -0.1) is 0 Å². The molecule has 0 aromatic rings. The average Bonchev–Trinajstić information content (AvgIpc) is 2.37. The number of hydrogen-bond donors (Lipinski definition) is 2. The van der Waals surface area contributed by atoms with Crippen molar-refractivity contribution in [3.63, 3.8) is 0 Å². The molecule has 20 heavy (non-hydrogen) atoms. The number of likely N-dealkylation sites (tertiary alicyclic amines) is 1. The molecule has 4 nitrogen and oxygen atoms in total. The zero-order valence-electron chi connectivity index (χ0n) is 13.8. The largest absolute Gasteiger partial charge is 0.394 e. The van der Waals surface area contributed by atoms with Gasteiger partial charge in [0, 0.05) is 26.2 Å². The number of aliphatic hydroxyl groups excluding tert-OH is 1. The van der Waals surface area contributed by atoms with Crippen molar-refractivity contribution in [2.75, 3.05) is 45.9 Å². The third kappa shape index (κ3) is 7.58. The molecule has 0 aliphatic carbocycles. The molecule has 0 bridgehead atoms. The minimum atomic E-state index is 0.134. The van der Waals surface area contributed by atoms with E-state index in [0.29, 0.717) is 24.0 Å². The summed E-state index contributed by atoms with van der Waals surface area (Å²) in [6.45, 7) is 15.3. The Morgan fingerprint density at radius 1 is 1.30 bits per heavy atom. The predicted molar refractivity (Wildman–Crippen MR) is 84.0 cm³/mol. The van der Waals surface area contributed by atoms with E-state index in [1.165, 1.54) is 0 Å². The molecule has 1 fully saturated rings. The quantitative estimate of drug-likeness (QED) is 0.677. The molecule has 1 heterocycles. The highest BCUT2D eigenvalue weighted by Crippen LogP contribution is 2.20. The van der Waals surface area contributed by atoms with Crippen LogP contribution in [0.4, 0.5) is 0 Å². The van der Waals surface area contributed by atoms with Gasteiger partial charge in [-0.2, -0.15) is 0 Å². The number of piperidine rings is 1. The fraction of sp³-hybridized carbons (Fsp3) is 1.00. The second kappa shape index (κ2) is 8.98. The van der Waals surface area contributed by atoms with Crippen LogP contribution in [-0.2, 0) is 4.74 Å². The smallest absolute Gasteiger partial charge is 0.0701 e. The normalized spacial score (nSPS) is 18.9. The van der Waals surface area contributed by atoms with E-state index in [-0.39, 0.29) is 6.61 Å². The van der Waals surface area contributed by atoms with Crippen molar-refractivity contribution in [2.24, 2.45) is 11.3 Å². The third-order valence-corrected chi connectivity index (χ3v) is 3.79. The molecule has 120 valence electrons. The van der Waals surface area contributed by atoms with Gasteiger partial charge in [-0.25, -0.2) is 0 Å². The third-order valence-electron chi connectivity index (χ3n) is 3.79. The fourth-order valence-electron chi connectivity index (χ4n) is 2.81. The van der Waals surface area contributed by atoms with Crippen molar-refractivity contribution < 1.29 is 9.84 Å². The average molecular weight is 286 g/mol. The van der Waals surface area contributed by atoms with Crippen LogP contribution in [0, 0.1) is 11.3 Å². The van der Waals surface area contributed by atoms with E-state index in [2.05, 4.69) is 37.9 Å². The molecule has 0 unspecified atom stereocenters. The molecular weight excluding hydrogens is 252 g/mol.